The smallest absolute Gasteiger partial charge is 0.410 e. The van der Waals surface area contributed by atoms with E-state index in [1.807, 2.05) is 6.92 Å². The summed E-state index contributed by atoms with van der Waals surface area (Å²) in [6.45, 7) is 7.69. The molecule has 17 heavy (non-hydrogen) atoms. The van der Waals surface area contributed by atoms with Crippen LogP contribution in [0.5, 0.6) is 0 Å². The molecule has 0 saturated heterocycles. The first kappa shape index (κ1) is 16.2. The van der Waals surface area contributed by atoms with Crippen molar-refractivity contribution in [2.75, 3.05) is 19.7 Å². The first-order chi connectivity index (χ1) is 7.80. The minimum atomic E-state index is -0.917. The van der Waals surface area contributed by atoms with Crippen molar-refractivity contribution in [2.24, 2.45) is 0 Å². The van der Waals surface area contributed by atoms with E-state index in [1.54, 1.807) is 20.8 Å². The summed E-state index contributed by atoms with van der Waals surface area (Å²) in [6.07, 6.45) is 0.434. The molecule has 0 rings (SSSR count). The Morgan fingerprint density at radius 1 is 1.41 bits per heavy atom. The molecule has 0 bridgehead atoms. The third kappa shape index (κ3) is 7.99. The predicted octanol–water partition coefficient (Wildman–Crippen LogP) is 1.38. The number of hydrogen-bond acceptors (Lipinski definition) is 4. The van der Waals surface area contributed by atoms with Gasteiger partial charge in [-0.05, 0) is 27.2 Å². The first-order valence-electron chi connectivity index (χ1n) is 6.07. The van der Waals surface area contributed by atoms with E-state index in [0.29, 0.717) is 6.54 Å². The summed E-state index contributed by atoms with van der Waals surface area (Å²) in [4.78, 5) is 13.3. The fraction of sp³-hybridized carbons (Fsp3) is 0.917. The molecule has 0 aromatic heterocycles. The van der Waals surface area contributed by atoms with Crippen molar-refractivity contribution in [3.05, 3.63) is 0 Å². The zero-order valence-electron chi connectivity index (χ0n) is 11.3. The topological polar surface area (TPSA) is 70.0 Å². The number of aliphatic hydroxyl groups excluding tert-OH is 2. The predicted molar refractivity (Wildman–Crippen MR) is 65.8 cm³/mol. The maximum Gasteiger partial charge on any atom is 0.410 e. The van der Waals surface area contributed by atoms with Gasteiger partial charge < -0.3 is 19.8 Å². The Hall–Kier alpha value is -0.810. The van der Waals surface area contributed by atoms with Gasteiger partial charge in [0.1, 0.15) is 5.60 Å². The molecule has 0 aromatic carbocycles. The zero-order chi connectivity index (χ0) is 13.5. The van der Waals surface area contributed by atoms with Crippen LogP contribution in [0.1, 0.15) is 40.5 Å². The summed E-state index contributed by atoms with van der Waals surface area (Å²) in [7, 11) is 0. The second-order valence-electron chi connectivity index (χ2n) is 5.12. The number of carbonyl (C=O) groups excluding carboxylic acids is 1. The first-order valence-corrected chi connectivity index (χ1v) is 6.07. The SMILES string of the molecule is CCCCN(C[C@@H](O)CO)C(=O)OC(C)(C)C. The number of rotatable bonds is 6. The van der Waals surface area contributed by atoms with E-state index in [1.165, 1.54) is 4.90 Å². The van der Waals surface area contributed by atoms with E-state index in [0.717, 1.165) is 12.8 Å². The minimum absolute atomic E-state index is 0.103. The van der Waals surface area contributed by atoms with Gasteiger partial charge in [-0.2, -0.15) is 0 Å². The highest BCUT2D eigenvalue weighted by molar-refractivity contribution is 5.68. The second-order valence-corrected chi connectivity index (χ2v) is 5.12. The molecule has 5 nitrogen and oxygen atoms in total. The standard InChI is InChI=1S/C12H25NO4/c1-5-6-7-13(8-10(15)9-14)11(16)17-12(2,3)4/h10,14-15H,5-9H2,1-4H3/t10-/m1/s1. The van der Waals surface area contributed by atoms with Crippen LogP contribution < -0.4 is 0 Å². The van der Waals surface area contributed by atoms with Gasteiger partial charge in [0, 0.05) is 6.54 Å². The monoisotopic (exact) mass is 247 g/mol. The highest BCUT2D eigenvalue weighted by Crippen LogP contribution is 2.11. The maximum absolute atomic E-state index is 11.8. The summed E-state index contributed by atoms with van der Waals surface area (Å²) in [5.74, 6) is 0. The van der Waals surface area contributed by atoms with Gasteiger partial charge in [0.2, 0.25) is 0 Å². The second kappa shape index (κ2) is 7.50. The number of ether oxygens (including phenoxy) is 1. The highest BCUT2D eigenvalue weighted by atomic mass is 16.6. The highest BCUT2D eigenvalue weighted by Gasteiger charge is 2.23. The largest absolute Gasteiger partial charge is 0.444 e. The summed E-state index contributed by atoms with van der Waals surface area (Å²) in [5, 5.41) is 18.2. The van der Waals surface area contributed by atoms with E-state index < -0.39 is 17.8 Å². The Balaban J connectivity index is 4.39. The lowest BCUT2D eigenvalue weighted by molar-refractivity contribution is 0.00717. The summed E-state index contributed by atoms with van der Waals surface area (Å²) < 4.78 is 5.24. The van der Waals surface area contributed by atoms with Gasteiger partial charge in [-0.3, -0.25) is 0 Å². The molecule has 102 valence electrons. The van der Waals surface area contributed by atoms with Gasteiger partial charge in [-0.25, -0.2) is 4.79 Å². The Bertz CT molecular complexity index is 225. The lowest BCUT2D eigenvalue weighted by Crippen LogP contribution is -2.42. The van der Waals surface area contributed by atoms with Crippen molar-refractivity contribution in [3.8, 4) is 0 Å². The van der Waals surface area contributed by atoms with Crippen LogP contribution in [-0.2, 0) is 4.74 Å². The summed E-state index contributed by atoms with van der Waals surface area (Å²) in [5.41, 5.74) is -0.550. The number of aliphatic hydroxyl groups is 2. The Labute approximate surface area is 103 Å². The number of unbranched alkanes of at least 4 members (excludes halogenated alkanes) is 1. The molecule has 0 aliphatic carbocycles. The van der Waals surface area contributed by atoms with Crippen LogP contribution in [0, 0.1) is 0 Å². The Morgan fingerprint density at radius 3 is 2.41 bits per heavy atom. The van der Waals surface area contributed by atoms with Crippen LogP contribution >= 0.6 is 0 Å². The van der Waals surface area contributed by atoms with E-state index in [9.17, 15) is 9.90 Å². The van der Waals surface area contributed by atoms with E-state index in [2.05, 4.69) is 0 Å². The molecule has 0 saturated carbocycles. The van der Waals surface area contributed by atoms with Crippen LogP contribution in [0.15, 0.2) is 0 Å². The van der Waals surface area contributed by atoms with Crippen LogP contribution in [0.2, 0.25) is 0 Å². The Morgan fingerprint density at radius 2 is 2.00 bits per heavy atom. The van der Waals surface area contributed by atoms with Crippen molar-refractivity contribution >= 4 is 6.09 Å². The fourth-order valence-electron chi connectivity index (χ4n) is 1.24. The van der Waals surface area contributed by atoms with Crippen LogP contribution in [0.3, 0.4) is 0 Å². The fourth-order valence-corrected chi connectivity index (χ4v) is 1.24. The third-order valence-corrected chi connectivity index (χ3v) is 2.08. The molecule has 0 aliphatic heterocycles. The molecule has 1 atom stereocenters. The van der Waals surface area contributed by atoms with Crippen molar-refractivity contribution in [2.45, 2.75) is 52.2 Å². The molecule has 2 N–H and O–H groups in total. The van der Waals surface area contributed by atoms with Gasteiger partial charge in [0.25, 0.3) is 0 Å². The molecule has 0 unspecified atom stereocenters. The van der Waals surface area contributed by atoms with Crippen LogP contribution in [0.4, 0.5) is 4.79 Å². The molecular formula is C12H25NO4. The molecule has 0 fully saturated rings. The molecular weight excluding hydrogens is 222 g/mol. The summed E-state index contributed by atoms with van der Waals surface area (Å²) in [6, 6.07) is 0. The van der Waals surface area contributed by atoms with Crippen LogP contribution in [0.25, 0.3) is 0 Å². The minimum Gasteiger partial charge on any atom is -0.444 e. The van der Waals surface area contributed by atoms with Crippen molar-refractivity contribution in [1.82, 2.24) is 4.90 Å². The lowest BCUT2D eigenvalue weighted by Gasteiger charge is -2.28. The van der Waals surface area contributed by atoms with Crippen molar-refractivity contribution in [3.63, 3.8) is 0 Å². The molecule has 0 aromatic rings. The van der Waals surface area contributed by atoms with Gasteiger partial charge in [0.05, 0.1) is 19.3 Å². The van der Waals surface area contributed by atoms with Crippen LogP contribution in [-0.4, -0.2) is 52.6 Å². The number of amides is 1. The van der Waals surface area contributed by atoms with E-state index >= 15 is 0 Å². The quantitative estimate of drug-likeness (QED) is 0.744. The molecule has 0 spiro atoms. The number of nitrogens with zero attached hydrogens (tertiary/aromatic N) is 1. The number of carbonyl (C=O) groups is 1. The third-order valence-electron chi connectivity index (χ3n) is 2.08. The molecule has 5 heteroatoms. The normalized spacial score (nSPS) is 13.3. The lowest BCUT2D eigenvalue weighted by atomic mass is 10.2. The molecule has 0 aliphatic rings. The molecule has 0 radical (unpaired) electrons. The average molecular weight is 247 g/mol. The zero-order valence-corrected chi connectivity index (χ0v) is 11.3. The summed E-state index contributed by atoms with van der Waals surface area (Å²) >= 11 is 0. The average Bonchev–Trinajstić information content (AvgIpc) is 2.21. The van der Waals surface area contributed by atoms with Gasteiger partial charge in [-0.1, -0.05) is 13.3 Å². The Kier molecular flexibility index (Phi) is 7.15. The van der Waals surface area contributed by atoms with Crippen molar-refractivity contribution in [1.29, 1.82) is 0 Å². The molecule has 1 amide bonds. The van der Waals surface area contributed by atoms with E-state index in [4.69, 9.17) is 9.84 Å². The van der Waals surface area contributed by atoms with Crippen molar-refractivity contribution < 1.29 is 19.7 Å². The van der Waals surface area contributed by atoms with Gasteiger partial charge in [-0.15, -0.1) is 0 Å². The molecule has 0 heterocycles. The van der Waals surface area contributed by atoms with Gasteiger partial charge >= 0.3 is 6.09 Å². The van der Waals surface area contributed by atoms with Gasteiger partial charge in [0.15, 0.2) is 0 Å². The number of hydrogen-bond donors (Lipinski definition) is 2. The maximum atomic E-state index is 11.8. The van der Waals surface area contributed by atoms with E-state index in [-0.39, 0.29) is 13.2 Å².